The first-order valence-corrected chi connectivity index (χ1v) is 7.80. The lowest BCUT2D eigenvalue weighted by Crippen LogP contribution is -2.00. The minimum atomic E-state index is -0.532. The number of pyridine rings is 1. The van der Waals surface area contributed by atoms with Crippen LogP contribution in [0.15, 0.2) is 42.7 Å². The number of hydrogen-bond acceptors (Lipinski definition) is 3. The molecule has 0 aliphatic carbocycles. The topological polar surface area (TPSA) is 35.8 Å². The van der Waals surface area contributed by atoms with Crippen molar-refractivity contribution in [3.8, 4) is 22.8 Å². The minimum Gasteiger partial charge on any atom is -0.493 e. The summed E-state index contributed by atoms with van der Waals surface area (Å²) >= 11 is 2.26. The fourth-order valence-electron chi connectivity index (χ4n) is 2.20. The molecule has 0 atom stereocenters. The molecular weight excluding hydrogens is 394 g/mol. The Balaban J connectivity index is 1.99. The fourth-order valence-corrected chi connectivity index (χ4v) is 2.68. The summed E-state index contributed by atoms with van der Waals surface area (Å²) < 4.78 is 26.0. The molecule has 0 bridgehead atoms. The number of alkyl halides is 1. The van der Waals surface area contributed by atoms with Crippen LogP contribution in [0.2, 0.25) is 0 Å². The van der Waals surface area contributed by atoms with Crippen LogP contribution in [0.4, 0.5) is 4.39 Å². The Bertz CT molecular complexity index is 804. The number of nitrogens with zero attached hydrogens (tertiary/aromatic N) is 2. The van der Waals surface area contributed by atoms with E-state index in [0.717, 1.165) is 20.5 Å². The van der Waals surface area contributed by atoms with Gasteiger partial charge in [-0.25, -0.2) is 9.37 Å². The summed E-state index contributed by atoms with van der Waals surface area (Å²) in [6, 6.07) is 9.50. The number of benzene rings is 1. The number of imidazole rings is 1. The van der Waals surface area contributed by atoms with Gasteiger partial charge in [0.25, 0.3) is 0 Å². The average Bonchev–Trinajstić information content (AvgIpc) is 2.95. The molecule has 22 heavy (non-hydrogen) atoms. The third-order valence-electron chi connectivity index (χ3n) is 3.21. The van der Waals surface area contributed by atoms with Gasteiger partial charge in [-0.15, -0.1) is 0 Å². The highest BCUT2D eigenvalue weighted by atomic mass is 123. The summed E-state index contributed by atoms with van der Waals surface area (Å²) in [5.41, 5.74) is 2.65. The molecule has 0 aliphatic rings. The molecule has 3 aromatic rings. The summed E-state index contributed by atoms with van der Waals surface area (Å²) in [6.45, 7) is -0.515. The van der Waals surface area contributed by atoms with Gasteiger partial charge in [0.05, 0.1) is 12.8 Å². The Morgan fingerprint density at radius 3 is 2.82 bits per heavy atom. The van der Waals surface area contributed by atoms with E-state index in [4.69, 9.17) is 9.47 Å². The van der Waals surface area contributed by atoms with E-state index in [1.807, 2.05) is 41.1 Å². The van der Waals surface area contributed by atoms with E-state index in [0.29, 0.717) is 11.5 Å². The lowest BCUT2D eigenvalue weighted by atomic mass is 10.1. The van der Waals surface area contributed by atoms with Gasteiger partial charge in [-0.2, -0.15) is 0 Å². The molecule has 0 radical (unpaired) electrons. The van der Waals surface area contributed by atoms with Crippen molar-refractivity contribution in [1.82, 2.24) is 9.38 Å². The SMILES string of the molecule is COc1cc(-c2cn3cc([123I])ccc3n2)ccc1OCCF. The molecule has 0 saturated heterocycles. The number of hydrogen-bond donors (Lipinski definition) is 0. The molecule has 0 saturated carbocycles. The standard InChI is InChI=1S/C16H14FIN2O2/c1-21-15-8-11(2-4-14(15)22-7-6-17)13-10-20-9-12(18)3-5-16(20)19-13/h2-5,8-10H,6-7H2,1H3/i18-4. The fraction of sp³-hybridized carbons (Fsp3) is 0.188. The van der Waals surface area contributed by atoms with Crippen LogP contribution in [0, 0.1) is 3.57 Å². The van der Waals surface area contributed by atoms with Crippen LogP contribution in [0.1, 0.15) is 0 Å². The van der Waals surface area contributed by atoms with Gasteiger partial charge in [0.1, 0.15) is 18.9 Å². The largest absolute Gasteiger partial charge is 0.493 e. The van der Waals surface area contributed by atoms with Gasteiger partial charge in [0, 0.05) is 21.5 Å². The summed E-state index contributed by atoms with van der Waals surface area (Å²) in [4.78, 5) is 4.59. The maximum atomic E-state index is 12.2. The Hall–Kier alpha value is -1.83. The molecule has 0 amide bonds. The van der Waals surface area contributed by atoms with Crippen molar-refractivity contribution in [1.29, 1.82) is 0 Å². The van der Waals surface area contributed by atoms with Gasteiger partial charge in [-0.1, -0.05) is 0 Å². The zero-order valence-corrected chi connectivity index (χ0v) is 14.1. The molecule has 0 aliphatic heterocycles. The first kappa shape index (κ1) is 15.1. The van der Waals surface area contributed by atoms with Crippen molar-refractivity contribution in [3.05, 3.63) is 46.3 Å². The Kier molecular flexibility index (Phi) is 4.47. The highest BCUT2D eigenvalue weighted by molar-refractivity contribution is 14.1. The molecule has 3 rings (SSSR count). The number of methoxy groups -OCH3 is 1. The smallest absolute Gasteiger partial charge is 0.161 e. The number of halogens is 2. The lowest BCUT2D eigenvalue weighted by molar-refractivity contribution is 0.260. The van der Waals surface area contributed by atoms with Gasteiger partial charge < -0.3 is 13.9 Å². The monoisotopic (exact) mass is 408 g/mol. The van der Waals surface area contributed by atoms with Gasteiger partial charge in [0.15, 0.2) is 11.5 Å². The molecule has 0 spiro atoms. The highest BCUT2D eigenvalue weighted by Crippen LogP contribution is 2.32. The quantitative estimate of drug-likeness (QED) is 0.600. The van der Waals surface area contributed by atoms with Crippen molar-refractivity contribution in [3.63, 3.8) is 0 Å². The Morgan fingerprint density at radius 1 is 1.18 bits per heavy atom. The lowest BCUT2D eigenvalue weighted by Gasteiger charge is -2.10. The number of rotatable bonds is 5. The summed E-state index contributed by atoms with van der Waals surface area (Å²) in [6.07, 6.45) is 3.98. The molecule has 2 aromatic heterocycles. The second-order valence-corrected chi connectivity index (χ2v) is 5.89. The molecule has 4 nitrogen and oxygen atoms in total. The molecule has 1 aromatic carbocycles. The number of ether oxygens (including phenoxy) is 2. The van der Waals surface area contributed by atoms with E-state index >= 15 is 0 Å². The first-order valence-electron chi connectivity index (χ1n) is 6.72. The summed E-state index contributed by atoms with van der Waals surface area (Å²) in [7, 11) is 1.56. The third kappa shape index (κ3) is 3.01. The third-order valence-corrected chi connectivity index (χ3v) is 3.85. The predicted molar refractivity (Wildman–Crippen MR) is 91.4 cm³/mol. The van der Waals surface area contributed by atoms with Crippen molar-refractivity contribution >= 4 is 28.2 Å². The maximum Gasteiger partial charge on any atom is 0.161 e. The van der Waals surface area contributed by atoms with Crippen molar-refractivity contribution in [2.75, 3.05) is 20.4 Å². The van der Waals surface area contributed by atoms with Crippen LogP contribution < -0.4 is 9.47 Å². The van der Waals surface area contributed by atoms with E-state index in [9.17, 15) is 4.39 Å². The molecule has 6 heteroatoms. The first-order chi connectivity index (χ1) is 10.7. The summed E-state index contributed by atoms with van der Waals surface area (Å²) in [5, 5.41) is 0. The van der Waals surface area contributed by atoms with E-state index in [1.165, 1.54) is 0 Å². The van der Waals surface area contributed by atoms with Gasteiger partial charge in [0.2, 0.25) is 0 Å². The van der Waals surface area contributed by atoms with E-state index < -0.39 is 6.67 Å². The molecular formula is C16H14FIN2O2. The molecule has 0 N–H and O–H groups in total. The van der Waals surface area contributed by atoms with E-state index in [-0.39, 0.29) is 6.61 Å². The maximum absolute atomic E-state index is 12.2. The Labute approximate surface area is 141 Å². The van der Waals surface area contributed by atoms with Gasteiger partial charge in [-0.3, -0.25) is 0 Å². The molecule has 0 unspecified atom stereocenters. The van der Waals surface area contributed by atoms with E-state index in [2.05, 4.69) is 27.6 Å². The van der Waals surface area contributed by atoms with Crippen LogP contribution in [0.5, 0.6) is 11.5 Å². The normalized spacial score (nSPS) is 10.9. The number of aromatic nitrogens is 2. The van der Waals surface area contributed by atoms with Crippen molar-refractivity contribution in [2.45, 2.75) is 0 Å². The van der Waals surface area contributed by atoms with Crippen LogP contribution in [-0.2, 0) is 0 Å². The second-order valence-electron chi connectivity index (χ2n) is 4.64. The molecule has 2 heterocycles. The van der Waals surface area contributed by atoms with E-state index in [1.54, 1.807) is 13.2 Å². The zero-order chi connectivity index (χ0) is 15.5. The highest BCUT2D eigenvalue weighted by Gasteiger charge is 2.10. The predicted octanol–water partition coefficient (Wildman–Crippen LogP) is 3.96. The second kappa shape index (κ2) is 6.51. The van der Waals surface area contributed by atoms with Crippen LogP contribution in [0.3, 0.4) is 0 Å². The van der Waals surface area contributed by atoms with Crippen LogP contribution in [0.25, 0.3) is 16.9 Å². The van der Waals surface area contributed by atoms with Gasteiger partial charge >= 0.3 is 0 Å². The zero-order valence-electron chi connectivity index (χ0n) is 11.9. The van der Waals surface area contributed by atoms with Crippen molar-refractivity contribution in [2.24, 2.45) is 0 Å². The molecule has 114 valence electrons. The summed E-state index contributed by atoms with van der Waals surface area (Å²) in [5.74, 6) is 1.10. The number of fused-ring (bicyclic) bond motifs is 1. The van der Waals surface area contributed by atoms with Crippen LogP contribution in [-0.4, -0.2) is 29.8 Å². The van der Waals surface area contributed by atoms with Gasteiger partial charge in [-0.05, 0) is 52.9 Å². The van der Waals surface area contributed by atoms with Crippen molar-refractivity contribution < 1.29 is 13.9 Å². The Morgan fingerprint density at radius 2 is 2.05 bits per heavy atom. The van der Waals surface area contributed by atoms with Crippen LogP contribution >= 0.6 is 22.6 Å². The minimum absolute atomic E-state index is 0.0164. The average molecular weight is 408 g/mol. The molecule has 0 fully saturated rings.